The number of ether oxygens (including phenoxy) is 1. The molecule has 0 bridgehead atoms. The van der Waals surface area contributed by atoms with Crippen LogP contribution in [-0.4, -0.2) is 43.9 Å². The van der Waals surface area contributed by atoms with Gasteiger partial charge in [-0.2, -0.15) is 5.10 Å². The Hall–Kier alpha value is -5.25. The summed E-state index contributed by atoms with van der Waals surface area (Å²) >= 11 is 0. The number of aromatic amines is 1. The molecule has 0 spiro atoms. The summed E-state index contributed by atoms with van der Waals surface area (Å²) in [6.07, 6.45) is 7.04. The van der Waals surface area contributed by atoms with Gasteiger partial charge in [0.2, 0.25) is 0 Å². The zero-order valence-electron chi connectivity index (χ0n) is 26.2. The van der Waals surface area contributed by atoms with Gasteiger partial charge in [0.05, 0.1) is 6.54 Å². The summed E-state index contributed by atoms with van der Waals surface area (Å²) in [5, 5.41) is 8.06. The van der Waals surface area contributed by atoms with Crippen molar-refractivity contribution in [2.75, 3.05) is 23.4 Å². The lowest BCUT2D eigenvalue weighted by molar-refractivity contribution is 0.257. The third kappa shape index (κ3) is 7.29. The van der Waals surface area contributed by atoms with Crippen LogP contribution >= 0.6 is 0 Å². The molecule has 2 amide bonds. The summed E-state index contributed by atoms with van der Waals surface area (Å²) in [6, 6.07) is 17.2. The van der Waals surface area contributed by atoms with Gasteiger partial charge in [0.1, 0.15) is 36.3 Å². The Labute approximate surface area is 262 Å². The fourth-order valence-electron chi connectivity index (χ4n) is 5.23. The van der Waals surface area contributed by atoms with Crippen LogP contribution in [0, 0.1) is 0 Å². The molecule has 0 aliphatic heterocycles. The van der Waals surface area contributed by atoms with Crippen molar-refractivity contribution in [1.29, 1.82) is 0 Å². The lowest BCUT2D eigenvalue weighted by atomic mass is 9.88. The predicted molar refractivity (Wildman–Crippen MR) is 179 cm³/mol. The predicted octanol–water partition coefficient (Wildman–Crippen LogP) is 7.12. The highest BCUT2D eigenvalue weighted by Crippen LogP contribution is 2.38. The van der Waals surface area contributed by atoms with E-state index in [9.17, 15) is 9.59 Å². The number of benzene rings is 2. The van der Waals surface area contributed by atoms with E-state index in [1.165, 1.54) is 11.2 Å². The van der Waals surface area contributed by atoms with Gasteiger partial charge in [-0.3, -0.25) is 9.69 Å². The molecule has 10 nitrogen and oxygen atoms in total. The molecule has 0 aliphatic carbocycles. The largest absolute Gasteiger partial charge is 0.492 e. The lowest BCUT2D eigenvalue weighted by Gasteiger charge is -2.26. The Morgan fingerprint density at radius 2 is 1.84 bits per heavy atom. The Bertz CT molecular complexity index is 1820. The molecular weight excluding hydrogens is 566 g/mol. The Morgan fingerprint density at radius 3 is 2.53 bits per heavy atom. The minimum Gasteiger partial charge on any atom is -0.492 e. The molecule has 0 saturated carbocycles. The fraction of sp³-hybridized carbons (Fsp3) is 0.286. The molecule has 0 aliphatic rings. The number of hydrogen-bond donors (Lipinski definition) is 2. The highest BCUT2D eigenvalue weighted by molar-refractivity contribution is 6.03. The molecule has 3 aromatic heterocycles. The van der Waals surface area contributed by atoms with Crippen LogP contribution in [0.1, 0.15) is 57.1 Å². The van der Waals surface area contributed by atoms with E-state index in [-0.39, 0.29) is 29.1 Å². The number of hydrogen-bond acceptors (Lipinski definition) is 6. The molecule has 3 heterocycles. The molecule has 5 aromatic rings. The van der Waals surface area contributed by atoms with Gasteiger partial charge in [-0.15, -0.1) is 6.58 Å². The van der Waals surface area contributed by atoms with Crippen molar-refractivity contribution in [3.63, 3.8) is 0 Å². The Kier molecular flexibility index (Phi) is 9.72. The molecule has 2 aromatic carbocycles. The number of rotatable bonds is 12. The number of carbonyl (C=O) groups is 1. The number of H-pyrrole nitrogens is 1. The van der Waals surface area contributed by atoms with E-state index in [4.69, 9.17) is 4.74 Å². The summed E-state index contributed by atoms with van der Waals surface area (Å²) in [4.78, 5) is 39.7. The summed E-state index contributed by atoms with van der Waals surface area (Å²) < 4.78 is 7.75. The third-order valence-corrected chi connectivity index (χ3v) is 7.59. The zero-order chi connectivity index (χ0) is 31.9. The topological polar surface area (TPSA) is 118 Å². The van der Waals surface area contributed by atoms with Crippen LogP contribution in [0.4, 0.5) is 16.2 Å². The van der Waals surface area contributed by atoms with Crippen LogP contribution in [0.25, 0.3) is 22.2 Å². The maximum atomic E-state index is 14.0. The van der Waals surface area contributed by atoms with Gasteiger partial charge in [0.15, 0.2) is 0 Å². The van der Waals surface area contributed by atoms with Gasteiger partial charge in [-0.1, -0.05) is 45.9 Å². The van der Waals surface area contributed by atoms with Crippen LogP contribution in [0.5, 0.6) is 5.75 Å². The third-order valence-electron chi connectivity index (χ3n) is 7.59. The van der Waals surface area contributed by atoms with Crippen molar-refractivity contribution in [3.05, 3.63) is 108 Å². The average molecular weight is 606 g/mol. The number of amides is 2. The highest BCUT2D eigenvalue weighted by atomic mass is 16.5. The minimum atomic E-state index is -0.384. The second kappa shape index (κ2) is 14.0. The number of anilines is 2. The van der Waals surface area contributed by atoms with Crippen LogP contribution in [0.3, 0.4) is 0 Å². The van der Waals surface area contributed by atoms with Gasteiger partial charge in [-0.25, -0.2) is 19.4 Å². The number of nitrogens with one attached hydrogen (secondary N) is 2. The van der Waals surface area contributed by atoms with Gasteiger partial charge in [0.25, 0.3) is 5.56 Å². The number of aromatic nitrogens is 5. The molecule has 5 rings (SSSR count). The first-order valence-electron chi connectivity index (χ1n) is 15.2. The molecule has 10 heteroatoms. The van der Waals surface area contributed by atoms with Gasteiger partial charge in [0, 0.05) is 23.8 Å². The molecule has 0 saturated heterocycles. The maximum Gasteiger partial charge on any atom is 0.326 e. The molecule has 0 radical (unpaired) electrons. The van der Waals surface area contributed by atoms with E-state index < -0.39 is 0 Å². The van der Waals surface area contributed by atoms with E-state index in [0.29, 0.717) is 31.8 Å². The van der Waals surface area contributed by atoms with Gasteiger partial charge in [-0.05, 0) is 83.0 Å². The van der Waals surface area contributed by atoms with Crippen molar-refractivity contribution < 1.29 is 9.53 Å². The van der Waals surface area contributed by atoms with Crippen LogP contribution in [0.15, 0.2) is 90.9 Å². The fourth-order valence-corrected chi connectivity index (χ4v) is 5.23. The van der Waals surface area contributed by atoms with Crippen molar-refractivity contribution >= 4 is 28.4 Å². The summed E-state index contributed by atoms with van der Waals surface area (Å²) in [7, 11) is 0. The quantitative estimate of drug-likeness (QED) is 0.146. The second-order valence-electron chi connectivity index (χ2n) is 11.5. The summed E-state index contributed by atoms with van der Waals surface area (Å²) in [6.45, 7) is 13.6. The van der Waals surface area contributed by atoms with E-state index >= 15 is 0 Å². The zero-order valence-corrected chi connectivity index (χ0v) is 26.2. The maximum absolute atomic E-state index is 14.0. The van der Waals surface area contributed by atoms with Crippen molar-refractivity contribution in [2.24, 2.45) is 0 Å². The number of pyridine rings is 2. The van der Waals surface area contributed by atoms with Crippen LogP contribution in [-0.2, 0) is 6.54 Å². The SMILES string of the molecule is C=CCCN(C(=O)Nc1c(C(C)C)cc(-c2cccc(OCCn3cncn3)c2)cc1C(C)C)c1cc2cccnc2[nH]c1=O. The van der Waals surface area contributed by atoms with E-state index in [1.807, 2.05) is 24.3 Å². The lowest BCUT2D eigenvalue weighted by Crippen LogP contribution is -2.39. The molecule has 45 heavy (non-hydrogen) atoms. The van der Waals surface area contributed by atoms with E-state index in [0.717, 1.165) is 39.1 Å². The molecule has 0 unspecified atom stereocenters. The monoisotopic (exact) mass is 605 g/mol. The number of nitrogens with zero attached hydrogens (tertiary/aromatic N) is 5. The van der Waals surface area contributed by atoms with E-state index in [2.05, 4.69) is 77.8 Å². The molecule has 232 valence electrons. The van der Waals surface area contributed by atoms with Crippen LogP contribution < -0.4 is 20.5 Å². The van der Waals surface area contributed by atoms with Gasteiger partial charge < -0.3 is 15.0 Å². The number of urea groups is 1. The van der Waals surface area contributed by atoms with Crippen LogP contribution in [0.2, 0.25) is 0 Å². The Morgan fingerprint density at radius 1 is 1.07 bits per heavy atom. The van der Waals surface area contributed by atoms with Crippen molar-refractivity contribution in [2.45, 2.75) is 52.5 Å². The number of carbonyl (C=O) groups excluding carboxylic acids is 1. The van der Waals surface area contributed by atoms with E-state index in [1.54, 1.807) is 35.4 Å². The molecular formula is C35H39N7O3. The molecule has 0 fully saturated rings. The van der Waals surface area contributed by atoms with Crippen molar-refractivity contribution in [1.82, 2.24) is 24.7 Å². The first kappa shape index (κ1) is 31.2. The molecule has 0 atom stereocenters. The first-order chi connectivity index (χ1) is 21.7. The molecule has 2 N–H and O–H groups in total. The summed E-state index contributed by atoms with van der Waals surface area (Å²) in [5.74, 6) is 0.976. The normalized spacial score (nSPS) is 11.2. The minimum absolute atomic E-state index is 0.108. The Balaban J connectivity index is 1.48. The second-order valence-corrected chi connectivity index (χ2v) is 11.5. The van der Waals surface area contributed by atoms with Gasteiger partial charge >= 0.3 is 6.03 Å². The smallest absolute Gasteiger partial charge is 0.326 e. The highest BCUT2D eigenvalue weighted by Gasteiger charge is 2.24. The van der Waals surface area contributed by atoms with Crippen molar-refractivity contribution in [3.8, 4) is 16.9 Å². The average Bonchev–Trinajstić information content (AvgIpc) is 3.55. The number of fused-ring (bicyclic) bond motifs is 1. The first-order valence-corrected chi connectivity index (χ1v) is 15.2. The standard InChI is InChI=1S/C35H39N7O3/c1-6-7-14-42(31-20-26-11-9-13-37-33(26)40-34(31)43)35(44)39-32-29(23(2)3)18-27(19-30(32)24(4)5)25-10-8-12-28(17-25)45-16-15-41-22-36-21-38-41/h6,8-13,17-24H,1,7,14-16H2,2-5H3,(H,39,44)(H,37,40,43). The summed E-state index contributed by atoms with van der Waals surface area (Å²) in [5.41, 5.74) is 5.15.